The van der Waals surface area contributed by atoms with Crippen LogP contribution in [-0.2, 0) is 19.1 Å². The van der Waals surface area contributed by atoms with E-state index >= 15 is 0 Å². The van der Waals surface area contributed by atoms with Crippen LogP contribution >= 0.6 is 0 Å². The van der Waals surface area contributed by atoms with Crippen molar-refractivity contribution in [2.75, 3.05) is 27.4 Å². The SMILES string of the molecule is COC(=O)C1(C(=O)N(C)C2CCOCC2)CCC1. The standard InChI is InChI=1S/C13H21NO4/c1-14(10-4-8-18-9-5-10)11(15)13(6-3-7-13)12(16)17-2/h10H,3-9H2,1-2H3. The van der Waals surface area contributed by atoms with Crippen LogP contribution in [-0.4, -0.2) is 50.2 Å². The Morgan fingerprint density at radius 1 is 1.28 bits per heavy atom. The highest BCUT2D eigenvalue weighted by molar-refractivity contribution is 6.03. The number of ether oxygens (including phenoxy) is 2. The van der Waals surface area contributed by atoms with Gasteiger partial charge in [-0.3, -0.25) is 9.59 Å². The molecular formula is C13H21NO4. The minimum absolute atomic E-state index is 0.0764. The van der Waals surface area contributed by atoms with E-state index in [1.165, 1.54) is 7.11 Å². The molecule has 0 aromatic rings. The first-order valence-electron chi connectivity index (χ1n) is 6.55. The molecule has 2 fully saturated rings. The van der Waals surface area contributed by atoms with Crippen LogP contribution in [0, 0.1) is 5.41 Å². The van der Waals surface area contributed by atoms with Gasteiger partial charge in [-0.25, -0.2) is 0 Å². The molecule has 1 heterocycles. The Bertz CT molecular complexity index is 332. The van der Waals surface area contributed by atoms with Gasteiger partial charge in [0.05, 0.1) is 7.11 Å². The minimum Gasteiger partial charge on any atom is -0.468 e. The zero-order valence-corrected chi connectivity index (χ0v) is 11.1. The van der Waals surface area contributed by atoms with Crippen LogP contribution in [0.3, 0.4) is 0 Å². The fraction of sp³-hybridized carbons (Fsp3) is 0.846. The number of hydrogen-bond acceptors (Lipinski definition) is 4. The average molecular weight is 255 g/mol. The van der Waals surface area contributed by atoms with Gasteiger partial charge in [-0.15, -0.1) is 0 Å². The van der Waals surface area contributed by atoms with Crippen molar-refractivity contribution in [3.8, 4) is 0 Å². The molecule has 18 heavy (non-hydrogen) atoms. The molecule has 1 aliphatic heterocycles. The normalized spacial score (nSPS) is 23.0. The Hall–Kier alpha value is -1.10. The maximum atomic E-state index is 12.5. The summed E-state index contributed by atoms with van der Waals surface area (Å²) in [6.45, 7) is 1.38. The van der Waals surface area contributed by atoms with Crippen molar-refractivity contribution >= 4 is 11.9 Å². The number of carbonyl (C=O) groups is 2. The van der Waals surface area contributed by atoms with Gasteiger partial charge in [0.1, 0.15) is 5.41 Å². The van der Waals surface area contributed by atoms with Crippen LogP contribution in [0.4, 0.5) is 0 Å². The predicted molar refractivity (Wildman–Crippen MR) is 64.9 cm³/mol. The van der Waals surface area contributed by atoms with Gasteiger partial charge in [0, 0.05) is 26.3 Å². The highest BCUT2D eigenvalue weighted by atomic mass is 16.5. The first-order chi connectivity index (χ1) is 8.62. The van der Waals surface area contributed by atoms with Crippen LogP contribution in [0.2, 0.25) is 0 Å². The van der Waals surface area contributed by atoms with Gasteiger partial charge in [-0.05, 0) is 25.7 Å². The molecule has 5 heteroatoms. The second kappa shape index (κ2) is 5.26. The highest BCUT2D eigenvalue weighted by Crippen LogP contribution is 2.44. The van der Waals surface area contributed by atoms with E-state index in [0.717, 1.165) is 19.3 Å². The molecule has 0 atom stereocenters. The molecule has 0 radical (unpaired) electrons. The zero-order chi connectivity index (χ0) is 13.2. The molecule has 0 unspecified atom stereocenters. The Balaban J connectivity index is 2.06. The fourth-order valence-electron chi connectivity index (χ4n) is 2.81. The third-order valence-corrected chi connectivity index (χ3v) is 4.25. The van der Waals surface area contributed by atoms with E-state index in [9.17, 15) is 9.59 Å². The van der Waals surface area contributed by atoms with E-state index < -0.39 is 5.41 Å². The fourth-order valence-corrected chi connectivity index (χ4v) is 2.81. The Kier molecular flexibility index (Phi) is 3.90. The van der Waals surface area contributed by atoms with Crippen molar-refractivity contribution in [2.45, 2.75) is 38.1 Å². The number of amides is 1. The number of nitrogens with zero attached hydrogens (tertiary/aromatic N) is 1. The highest BCUT2D eigenvalue weighted by Gasteiger charge is 2.53. The Labute approximate surface area is 107 Å². The second-order valence-corrected chi connectivity index (χ2v) is 5.19. The molecule has 0 spiro atoms. The smallest absolute Gasteiger partial charge is 0.321 e. The molecule has 1 saturated heterocycles. The van der Waals surface area contributed by atoms with Gasteiger partial charge in [-0.2, -0.15) is 0 Å². The van der Waals surface area contributed by atoms with E-state index in [4.69, 9.17) is 9.47 Å². The molecular weight excluding hydrogens is 234 g/mol. The molecule has 0 bridgehead atoms. The topological polar surface area (TPSA) is 55.8 Å². The number of hydrogen-bond donors (Lipinski definition) is 0. The van der Waals surface area contributed by atoms with Crippen molar-refractivity contribution in [1.29, 1.82) is 0 Å². The summed E-state index contributed by atoms with van der Waals surface area (Å²) in [5, 5.41) is 0. The summed E-state index contributed by atoms with van der Waals surface area (Å²) < 4.78 is 10.1. The number of methoxy groups -OCH3 is 1. The molecule has 0 aromatic heterocycles. The molecule has 2 aliphatic rings. The van der Waals surface area contributed by atoms with Crippen molar-refractivity contribution in [1.82, 2.24) is 4.90 Å². The van der Waals surface area contributed by atoms with E-state index in [1.54, 1.807) is 11.9 Å². The lowest BCUT2D eigenvalue weighted by Crippen LogP contribution is -2.55. The largest absolute Gasteiger partial charge is 0.468 e. The lowest BCUT2D eigenvalue weighted by atomic mass is 9.67. The summed E-state index contributed by atoms with van der Waals surface area (Å²) in [7, 11) is 3.14. The van der Waals surface area contributed by atoms with Gasteiger partial charge >= 0.3 is 5.97 Å². The van der Waals surface area contributed by atoms with E-state index in [-0.39, 0.29) is 17.9 Å². The molecule has 0 N–H and O–H groups in total. The van der Waals surface area contributed by atoms with Crippen molar-refractivity contribution in [3.05, 3.63) is 0 Å². The van der Waals surface area contributed by atoms with Crippen LogP contribution < -0.4 is 0 Å². The summed E-state index contributed by atoms with van der Waals surface area (Å²) in [4.78, 5) is 26.1. The molecule has 1 aliphatic carbocycles. The summed E-state index contributed by atoms with van der Waals surface area (Å²) >= 11 is 0. The summed E-state index contributed by atoms with van der Waals surface area (Å²) in [5.41, 5.74) is -0.901. The predicted octanol–water partition coefficient (Wildman–Crippen LogP) is 0.967. The van der Waals surface area contributed by atoms with E-state index in [1.807, 2.05) is 0 Å². The Morgan fingerprint density at radius 2 is 1.89 bits per heavy atom. The van der Waals surface area contributed by atoms with Gasteiger partial charge in [0.15, 0.2) is 0 Å². The summed E-state index contributed by atoms with van der Waals surface area (Å²) in [6, 6.07) is 0.188. The first-order valence-corrected chi connectivity index (χ1v) is 6.55. The first kappa shape index (κ1) is 13.3. The maximum Gasteiger partial charge on any atom is 0.321 e. The quantitative estimate of drug-likeness (QED) is 0.557. The number of carbonyl (C=O) groups excluding carboxylic acids is 2. The number of rotatable bonds is 3. The van der Waals surface area contributed by atoms with Crippen LogP contribution in [0.5, 0.6) is 0 Å². The van der Waals surface area contributed by atoms with Gasteiger partial charge in [0.25, 0.3) is 0 Å². The van der Waals surface area contributed by atoms with Gasteiger partial charge < -0.3 is 14.4 Å². The average Bonchev–Trinajstić information content (AvgIpc) is 2.37. The number of esters is 1. The van der Waals surface area contributed by atoms with Crippen LogP contribution in [0.25, 0.3) is 0 Å². The Morgan fingerprint density at radius 3 is 2.33 bits per heavy atom. The lowest BCUT2D eigenvalue weighted by molar-refractivity contribution is -0.171. The third kappa shape index (κ3) is 2.11. The minimum atomic E-state index is -0.901. The third-order valence-electron chi connectivity index (χ3n) is 4.25. The van der Waals surface area contributed by atoms with Gasteiger partial charge in [0.2, 0.25) is 5.91 Å². The molecule has 5 nitrogen and oxygen atoms in total. The molecule has 0 aromatic carbocycles. The zero-order valence-electron chi connectivity index (χ0n) is 11.1. The van der Waals surface area contributed by atoms with E-state index in [0.29, 0.717) is 26.1 Å². The molecule has 1 amide bonds. The van der Waals surface area contributed by atoms with Crippen molar-refractivity contribution in [3.63, 3.8) is 0 Å². The summed E-state index contributed by atoms with van der Waals surface area (Å²) in [6.07, 6.45) is 3.85. The maximum absolute atomic E-state index is 12.5. The summed E-state index contributed by atoms with van der Waals surface area (Å²) in [5.74, 6) is -0.454. The van der Waals surface area contributed by atoms with E-state index in [2.05, 4.69) is 0 Å². The van der Waals surface area contributed by atoms with Crippen LogP contribution in [0.15, 0.2) is 0 Å². The molecule has 2 rings (SSSR count). The molecule has 102 valence electrons. The van der Waals surface area contributed by atoms with Crippen molar-refractivity contribution < 1.29 is 19.1 Å². The molecule has 1 saturated carbocycles. The van der Waals surface area contributed by atoms with Gasteiger partial charge in [-0.1, -0.05) is 6.42 Å². The monoisotopic (exact) mass is 255 g/mol. The van der Waals surface area contributed by atoms with Crippen LogP contribution in [0.1, 0.15) is 32.1 Å². The van der Waals surface area contributed by atoms with Crippen molar-refractivity contribution in [2.24, 2.45) is 5.41 Å². The lowest BCUT2D eigenvalue weighted by Gasteiger charge is -2.42. The second-order valence-electron chi connectivity index (χ2n) is 5.19.